The summed E-state index contributed by atoms with van der Waals surface area (Å²) in [4.78, 5) is 47.1. The van der Waals surface area contributed by atoms with E-state index in [1.54, 1.807) is 46.7 Å². The highest BCUT2D eigenvalue weighted by atomic mass is 79.9. The Balaban J connectivity index is 1.21. The minimum atomic E-state index is -4.85. The zero-order chi connectivity index (χ0) is 36.4. The van der Waals surface area contributed by atoms with Gasteiger partial charge < -0.3 is 33.8 Å². The molecule has 0 spiro atoms. The van der Waals surface area contributed by atoms with Crippen LogP contribution in [0.15, 0.2) is 46.9 Å². The van der Waals surface area contributed by atoms with E-state index in [2.05, 4.69) is 25.6 Å². The lowest BCUT2D eigenvalue weighted by molar-refractivity contribution is -0.275. The molecule has 5 rings (SSSR count). The number of anilines is 1. The summed E-state index contributed by atoms with van der Waals surface area (Å²) in [5.74, 6) is -0.423. The van der Waals surface area contributed by atoms with Gasteiger partial charge in [-0.25, -0.2) is 4.79 Å². The standard InChI is InChI=1S/C36H46BrF3N4O6/c1-34(2,3)50-33(47)42-18-16-41(17-19-42)32(46)35(4,5)48-29-10-6-9-28(21-29)43-15-7-8-25(22-43)31(45)44(27-13-14-27)23-24-11-12-26(37)20-30(24)49-36(38,39)40/h6,9-12,20-21,25,27H,7-8,13-19,22-23H2,1-5H3/t25-/m1/s1. The molecular formula is C36H46BrF3N4O6. The van der Waals surface area contributed by atoms with Crippen LogP contribution in [0.1, 0.15) is 65.9 Å². The first-order valence-electron chi connectivity index (χ1n) is 17.0. The van der Waals surface area contributed by atoms with Crippen molar-refractivity contribution >= 4 is 39.5 Å². The van der Waals surface area contributed by atoms with Gasteiger partial charge in [-0.15, -0.1) is 13.2 Å². The van der Waals surface area contributed by atoms with E-state index in [1.165, 1.54) is 6.07 Å². The number of amides is 3. The first-order valence-corrected chi connectivity index (χ1v) is 17.8. The summed E-state index contributed by atoms with van der Waals surface area (Å²) in [6, 6.07) is 11.9. The summed E-state index contributed by atoms with van der Waals surface area (Å²) in [6.07, 6.45) is -2.20. The monoisotopic (exact) mass is 766 g/mol. The van der Waals surface area contributed by atoms with Crippen molar-refractivity contribution in [2.45, 2.75) is 90.5 Å². The summed E-state index contributed by atoms with van der Waals surface area (Å²) >= 11 is 3.21. The van der Waals surface area contributed by atoms with Gasteiger partial charge in [-0.3, -0.25) is 9.59 Å². The van der Waals surface area contributed by atoms with Gasteiger partial charge in [-0.05, 0) is 84.6 Å². The molecule has 1 aliphatic carbocycles. The van der Waals surface area contributed by atoms with Crippen LogP contribution in [-0.2, 0) is 20.9 Å². The van der Waals surface area contributed by atoms with Crippen LogP contribution < -0.4 is 14.4 Å². The van der Waals surface area contributed by atoms with E-state index in [-0.39, 0.29) is 36.1 Å². The van der Waals surface area contributed by atoms with Gasteiger partial charge in [0.2, 0.25) is 5.91 Å². The Morgan fingerprint density at radius 1 is 0.880 bits per heavy atom. The molecule has 3 amide bonds. The lowest BCUT2D eigenvalue weighted by Crippen LogP contribution is -2.57. The SMILES string of the molecule is CC(C)(C)OC(=O)N1CCN(C(=O)C(C)(C)Oc2cccc(N3CCC[C@@H](C(=O)N(Cc4ccc(Br)cc4OC(F)(F)F)C4CC4)C3)c2)CC1. The fourth-order valence-electron chi connectivity index (χ4n) is 6.36. The molecule has 0 unspecified atom stereocenters. The molecule has 10 nitrogen and oxygen atoms in total. The molecule has 0 radical (unpaired) electrons. The Morgan fingerprint density at radius 2 is 1.56 bits per heavy atom. The van der Waals surface area contributed by atoms with Gasteiger partial charge in [0.1, 0.15) is 17.1 Å². The van der Waals surface area contributed by atoms with Crippen molar-refractivity contribution in [1.29, 1.82) is 0 Å². The number of piperazine rings is 1. The predicted molar refractivity (Wildman–Crippen MR) is 185 cm³/mol. The van der Waals surface area contributed by atoms with E-state index in [0.29, 0.717) is 54.9 Å². The van der Waals surface area contributed by atoms with Gasteiger partial charge in [0, 0.05) is 73.6 Å². The van der Waals surface area contributed by atoms with Gasteiger partial charge in [0.25, 0.3) is 5.91 Å². The summed E-state index contributed by atoms with van der Waals surface area (Å²) in [5.41, 5.74) is -0.634. The Labute approximate surface area is 299 Å². The van der Waals surface area contributed by atoms with Crippen molar-refractivity contribution in [2.75, 3.05) is 44.2 Å². The quantitative estimate of drug-likeness (QED) is 0.272. The minimum absolute atomic E-state index is 0.0166. The molecule has 2 saturated heterocycles. The molecular weight excluding hydrogens is 721 g/mol. The van der Waals surface area contributed by atoms with E-state index in [1.807, 2.05) is 39.0 Å². The average molecular weight is 768 g/mol. The lowest BCUT2D eigenvalue weighted by atomic mass is 9.95. The molecule has 274 valence electrons. The van der Waals surface area contributed by atoms with Gasteiger partial charge in [0.05, 0.1) is 5.92 Å². The number of carbonyl (C=O) groups excluding carboxylic acids is 3. The number of alkyl halides is 3. The van der Waals surface area contributed by atoms with Crippen LogP contribution in [0, 0.1) is 5.92 Å². The number of rotatable bonds is 9. The average Bonchev–Trinajstić information content (AvgIpc) is 3.88. The molecule has 2 aliphatic heterocycles. The molecule has 0 N–H and O–H groups in total. The number of piperidine rings is 1. The van der Waals surface area contributed by atoms with Crippen LogP contribution in [0.2, 0.25) is 0 Å². The minimum Gasteiger partial charge on any atom is -0.478 e. The topological polar surface area (TPSA) is 91.9 Å². The fraction of sp³-hybridized carbons (Fsp3) is 0.583. The van der Waals surface area contributed by atoms with Crippen molar-refractivity contribution in [3.05, 3.63) is 52.5 Å². The third-order valence-corrected chi connectivity index (χ3v) is 9.42. The van der Waals surface area contributed by atoms with E-state index < -0.39 is 23.7 Å². The highest BCUT2D eigenvalue weighted by molar-refractivity contribution is 9.10. The molecule has 3 fully saturated rings. The number of benzene rings is 2. The van der Waals surface area contributed by atoms with E-state index in [9.17, 15) is 27.6 Å². The van der Waals surface area contributed by atoms with Gasteiger partial charge >= 0.3 is 12.5 Å². The van der Waals surface area contributed by atoms with Crippen LogP contribution in [-0.4, -0.2) is 95.5 Å². The number of hydrogen-bond acceptors (Lipinski definition) is 7. The largest absolute Gasteiger partial charge is 0.573 e. The molecule has 1 atom stereocenters. The second-order valence-corrected chi connectivity index (χ2v) is 15.6. The number of carbonyl (C=O) groups is 3. The first-order chi connectivity index (χ1) is 23.4. The molecule has 2 heterocycles. The normalized spacial score (nSPS) is 18.8. The zero-order valence-electron chi connectivity index (χ0n) is 29.2. The number of nitrogens with zero attached hydrogens (tertiary/aromatic N) is 4. The maximum atomic E-state index is 14.0. The third kappa shape index (κ3) is 9.97. The van der Waals surface area contributed by atoms with Crippen molar-refractivity contribution in [3.63, 3.8) is 0 Å². The summed E-state index contributed by atoms with van der Waals surface area (Å²) in [5, 5.41) is 0. The maximum absolute atomic E-state index is 14.0. The Kier molecular flexibility index (Phi) is 11.2. The maximum Gasteiger partial charge on any atom is 0.573 e. The third-order valence-electron chi connectivity index (χ3n) is 8.93. The molecule has 2 aromatic rings. The van der Waals surface area contributed by atoms with Crippen molar-refractivity contribution in [1.82, 2.24) is 14.7 Å². The predicted octanol–water partition coefficient (Wildman–Crippen LogP) is 6.99. The molecule has 50 heavy (non-hydrogen) atoms. The van der Waals surface area contributed by atoms with E-state index >= 15 is 0 Å². The van der Waals surface area contributed by atoms with E-state index in [4.69, 9.17) is 9.47 Å². The Morgan fingerprint density at radius 3 is 2.20 bits per heavy atom. The van der Waals surface area contributed by atoms with Crippen molar-refractivity contribution in [2.24, 2.45) is 5.92 Å². The van der Waals surface area contributed by atoms with Gasteiger partial charge in [-0.1, -0.05) is 28.1 Å². The van der Waals surface area contributed by atoms with Crippen molar-refractivity contribution in [3.8, 4) is 11.5 Å². The molecule has 1 saturated carbocycles. The molecule has 14 heteroatoms. The van der Waals surface area contributed by atoms with Crippen molar-refractivity contribution < 1.29 is 41.8 Å². The summed E-state index contributed by atoms with van der Waals surface area (Å²) in [7, 11) is 0. The number of hydrogen-bond donors (Lipinski definition) is 0. The second kappa shape index (κ2) is 14.9. The number of ether oxygens (including phenoxy) is 3. The first kappa shape index (κ1) is 37.6. The zero-order valence-corrected chi connectivity index (χ0v) is 30.8. The summed E-state index contributed by atoms with van der Waals surface area (Å²) in [6.45, 7) is 11.6. The van der Waals surface area contributed by atoms with Crippen LogP contribution in [0.3, 0.4) is 0 Å². The second-order valence-electron chi connectivity index (χ2n) is 14.7. The fourth-order valence-corrected chi connectivity index (χ4v) is 6.70. The summed E-state index contributed by atoms with van der Waals surface area (Å²) < 4.78 is 56.0. The van der Waals surface area contributed by atoms with Gasteiger partial charge in [0.15, 0.2) is 5.60 Å². The van der Waals surface area contributed by atoms with Crippen LogP contribution in [0.25, 0.3) is 0 Å². The highest BCUT2D eigenvalue weighted by Gasteiger charge is 2.40. The van der Waals surface area contributed by atoms with Crippen LogP contribution >= 0.6 is 15.9 Å². The van der Waals surface area contributed by atoms with Crippen LogP contribution in [0.4, 0.5) is 23.7 Å². The Bertz CT molecular complexity index is 1550. The highest BCUT2D eigenvalue weighted by Crippen LogP contribution is 2.36. The molecule has 2 aromatic carbocycles. The number of halogens is 4. The van der Waals surface area contributed by atoms with E-state index in [0.717, 1.165) is 31.5 Å². The molecule has 0 aromatic heterocycles. The Hall–Kier alpha value is -3.68. The molecule has 3 aliphatic rings. The van der Waals surface area contributed by atoms with Crippen LogP contribution in [0.5, 0.6) is 11.5 Å². The van der Waals surface area contributed by atoms with Gasteiger partial charge in [-0.2, -0.15) is 0 Å². The lowest BCUT2D eigenvalue weighted by Gasteiger charge is -2.39. The molecule has 0 bridgehead atoms. The smallest absolute Gasteiger partial charge is 0.478 e.